The number of hydrogen-bond donors (Lipinski definition) is 0. The molecule has 2 rings (SSSR count). The lowest BCUT2D eigenvalue weighted by Gasteiger charge is -2.20. The second-order valence-electron chi connectivity index (χ2n) is 7.60. The lowest BCUT2D eigenvalue weighted by atomic mass is 10.1. The fourth-order valence-electron chi connectivity index (χ4n) is 3.74. The number of rotatable bonds is 15. The lowest BCUT2D eigenvalue weighted by molar-refractivity contribution is 0.104. The molecule has 2 aromatic rings. The van der Waals surface area contributed by atoms with Crippen LogP contribution in [0.15, 0.2) is 36.4 Å². The smallest absolute Gasteiger partial charge is 0.199 e. The average molecular weight is 475 g/mol. The molecule has 0 aromatic heterocycles. The van der Waals surface area contributed by atoms with Gasteiger partial charge >= 0.3 is 0 Å². The molecule has 7 heteroatoms. The van der Waals surface area contributed by atoms with Crippen molar-refractivity contribution in [2.75, 3.05) is 34.6 Å². The standard InChI is InChI=1S/C26H35O6P/c1-6-7-8-9-10-11-18-33(25(27)23-19(29-2)14-12-15-20(23)30-3)26(28)24-21(31-4)16-13-17-22(24)32-5/h12-17H,6-11,18H2,1-5H3. The van der Waals surface area contributed by atoms with Crippen LogP contribution in [0.25, 0.3) is 0 Å². The van der Waals surface area contributed by atoms with Crippen molar-refractivity contribution in [2.24, 2.45) is 0 Å². The van der Waals surface area contributed by atoms with Crippen molar-refractivity contribution in [3.8, 4) is 23.0 Å². The Morgan fingerprint density at radius 2 is 1.00 bits per heavy atom. The first-order valence-electron chi connectivity index (χ1n) is 11.3. The Bertz CT molecular complexity index is 815. The quantitative estimate of drug-likeness (QED) is 0.215. The minimum Gasteiger partial charge on any atom is -0.496 e. The number of methoxy groups -OCH3 is 4. The monoisotopic (exact) mass is 474 g/mol. The van der Waals surface area contributed by atoms with Gasteiger partial charge in [0.2, 0.25) is 0 Å². The lowest BCUT2D eigenvalue weighted by Crippen LogP contribution is -2.13. The summed E-state index contributed by atoms with van der Waals surface area (Å²) in [5.41, 5.74) is 0.0975. The number of benzene rings is 2. The predicted molar refractivity (Wildman–Crippen MR) is 133 cm³/mol. The zero-order valence-electron chi connectivity index (χ0n) is 20.3. The highest BCUT2D eigenvalue weighted by molar-refractivity contribution is 7.90. The molecule has 0 fully saturated rings. The van der Waals surface area contributed by atoms with E-state index in [9.17, 15) is 9.59 Å². The van der Waals surface area contributed by atoms with Crippen LogP contribution in [0.3, 0.4) is 0 Å². The summed E-state index contributed by atoms with van der Waals surface area (Å²) in [7, 11) is 4.28. The van der Waals surface area contributed by atoms with Gasteiger partial charge < -0.3 is 18.9 Å². The van der Waals surface area contributed by atoms with Crippen molar-refractivity contribution in [3.63, 3.8) is 0 Å². The number of hydrogen-bond acceptors (Lipinski definition) is 6. The highest BCUT2D eigenvalue weighted by Crippen LogP contribution is 2.50. The molecule has 0 radical (unpaired) electrons. The summed E-state index contributed by atoms with van der Waals surface area (Å²) in [6.45, 7) is 2.18. The molecular formula is C26H35O6P. The van der Waals surface area contributed by atoms with Crippen LogP contribution in [0.4, 0.5) is 0 Å². The molecule has 0 saturated heterocycles. The number of unbranched alkanes of at least 4 members (excludes halogenated alkanes) is 5. The van der Waals surface area contributed by atoms with Gasteiger partial charge in [-0.2, -0.15) is 0 Å². The first kappa shape index (κ1) is 26.7. The van der Waals surface area contributed by atoms with E-state index in [2.05, 4.69) is 6.92 Å². The van der Waals surface area contributed by atoms with Gasteiger partial charge in [0.25, 0.3) is 0 Å². The molecule has 0 atom stereocenters. The van der Waals surface area contributed by atoms with Crippen molar-refractivity contribution >= 4 is 19.0 Å². The van der Waals surface area contributed by atoms with Crippen molar-refractivity contribution in [3.05, 3.63) is 47.5 Å². The van der Waals surface area contributed by atoms with Crippen molar-refractivity contribution in [1.82, 2.24) is 0 Å². The van der Waals surface area contributed by atoms with E-state index in [1.165, 1.54) is 41.3 Å². The second kappa shape index (κ2) is 13.8. The first-order valence-corrected chi connectivity index (χ1v) is 12.8. The van der Waals surface area contributed by atoms with Gasteiger partial charge in [-0.05, 0) is 36.8 Å². The summed E-state index contributed by atoms with van der Waals surface area (Å²) >= 11 is 0. The molecule has 0 unspecified atom stereocenters. The van der Waals surface area contributed by atoms with Gasteiger partial charge in [-0.15, -0.1) is 0 Å². The molecule has 0 bridgehead atoms. The van der Waals surface area contributed by atoms with Crippen LogP contribution in [0.2, 0.25) is 0 Å². The Kier molecular flexibility index (Phi) is 11.2. The van der Waals surface area contributed by atoms with E-state index in [1.807, 2.05) is 0 Å². The highest BCUT2D eigenvalue weighted by Gasteiger charge is 2.34. The number of carbonyl (C=O) groups is 2. The van der Waals surface area contributed by atoms with E-state index in [-0.39, 0.29) is 11.0 Å². The second-order valence-corrected chi connectivity index (χ2v) is 9.72. The predicted octanol–water partition coefficient (Wildman–Crippen LogP) is 6.54. The molecule has 180 valence electrons. The van der Waals surface area contributed by atoms with Crippen LogP contribution < -0.4 is 18.9 Å². The van der Waals surface area contributed by atoms with Crippen LogP contribution in [-0.2, 0) is 0 Å². The minimum absolute atomic E-state index is 0.259. The van der Waals surface area contributed by atoms with Gasteiger partial charge in [0, 0.05) is 7.92 Å². The molecule has 0 aliphatic heterocycles. The van der Waals surface area contributed by atoms with Crippen LogP contribution in [0.5, 0.6) is 23.0 Å². The molecule has 0 saturated carbocycles. The fourth-order valence-corrected chi connectivity index (χ4v) is 5.85. The van der Waals surface area contributed by atoms with E-state index >= 15 is 0 Å². The van der Waals surface area contributed by atoms with E-state index < -0.39 is 7.92 Å². The molecule has 0 aliphatic carbocycles. The minimum atomic E-state index is -1.75. The summed E-state index contributed by atoms with van der Waals surface area (Å²) < 4.78 is 21.8. The SMILES string of the molecule is CCCCCCCCP(C(=O)c1c(OC)cccc1OC)C(=O)c1c(OC)cccc1OC. The Morgan fingerprint density at radius 3 is 1.36 bits per heavy atom. The average Bonchev–Trinajstić information content (AvgIpc) is 2.86. The van der Waals surface area contributed by atoms with Crippen LogP contribution in [-0.4, -0.2) is 45.6 Å². The first-order chi connectivity index (χ1) is 16.0. The molecule has 0 N–H and O–H groups in total. The maximum absolute atomic E-state index is 13.9. The Labute approximate surface area is 198 Å². The molecule has 0 heterocycles. The third-order valence-electron chi connectivity index (χ3n) is 5.51. The molecule has 2 aromatic carbocycles. The van der Waals surface area contributed by atoms with Gasteiger partial charge in [-0.1, -0.05) is 51.2 Å². The molecule has 0 spiro atoms. The Hall–Kier alpha value is -2.59. The van der Waals surface area contributed by atoms with Gasteiger partial charge in [0.05, 0.1) is 28.4 Å². The summed E-state index contributed by atoms with van der Waals surface area (Å²) in [5, 5.41) is 0. The van der Waals surface area contributed by atoms with Gasteiger partial charge in [-0.3, -0.25) is 9.59 Å². The van der Waals surface area contributed by atoms with E-state index in [0.29, 0.717) is 40.3 Å². The zero-order chi connectivity index (χ0) is 24.2. The van der Waals surface area contributed by atoms with Crippen molar-refractivity contribution < 1.29 is 28.5 Å². The fraction of sp³-hybridized carbons (Fsp3) is 0.462. The largest absolute Gasteiger partial charge is 0.496 e. The van der Waals surface area contributed by atoms with Gasteiger partial charge in [0.15, 0.2) is 11.0 Å². The van der Waals surface area contributed by atoms with Crippen LogP contribution in [0, 0.1) is 0 Å². The summed E-state index contributed by atoms with van der Waals surface area (Å²) in [5.74, 6) is 1.59. The summed E-state index contributed by atoms with van der Waals surface area (Å²) in [4.78, 5) is 27.7. The highest BCUT2D eigenvalue weighted by atomic mass is 31.1. The topological polar surface area (TPSA) is 71.1 Å². The van der Waals surface area contributed by atoms with Crippen molar-refractivity contribution in [1.29, 1.82) is 0 Å². The third-order valence-corrected chi connectivity index (χ3v) is 7.70. The molecule has 0 amide bonds. The maximum Gasteiger partial charge on any atom is 0.199 e. The van der Waals surface area contributed by atoms with E-state index in [1.54, 1.807) is 36.4 Å². The van der Waals surface area contributed by atoms with Crippen LogP contribution in [0.1, 0.15) is 66.2 Å². The van der Waals surface area contributed by atoms with E-state index in [4.69, 9.17) is 18.9 Å². The van der Waals surface area contributed by atoms with E-state index in [0.717, 1.165) is 25.7 Å². The zero-order valence-corrected chi connectivity index (χ0v) is 21.2. The number of carbonyl (C=O) groups excluding carboxylic acids is 2. The molecule has 6 nitrogen and oxygen atoms in total. The van der Waals surface area contributed by atoms with Gasteiger partial charge in [-0.25, -0.2) is 0 Å². The Morgan fingerprint density at radius 1 is 0.636 bits per heavy atom. The maximum atomic E-state index is 13.9. The summed E-state index contributed by atoms with van der Waals surface area (Å²) in [6.07, 6.45) is 6.88. The normalized spacial score (nSPS) is 10.7. The third kappa shape index (κ3) is 6.70. The molecular weight excluding hydrogens is 439 g/mol. The van der Waals surface area contributed by atoms with Crippen LogP contribution >= 0.6 is 7.92 Å². The molecule has 33 heavy (non-hydrogen) atoms. The Balaban J connectivity index is 2.45. The number of ether oxygens (including phenoxy) is 4. The summed E-state index contributed by atoms with van der Waals surface area (Å²) in [6, 6.07) is 10.4. The molecule has 0 aliphatic rings. The van der Waals surface area contributed by atoms with Crippen molar-refractivity contribution in [2.45, 2.75) is 45.4 Å². The van der Waals surface area contributed by atoms with Gasteiger partial charge in [0.1, 0.15) is 34.1 Å².